The van der Waals surface area contributed by atoms with E-state index in [2.05, 4.69) is 25.5 Å². The lowest BCUT2D eigenvalue weighted by atomic mass is 10.0. The maximum Gasteiger partial charge on any atom is 0.243 e. The first-order valence-corrected chi connectivity index (χ1v) is 14.9. The summed E-state index contributed by atoms with van der Waals surface area (Å²) in [5.41, 5.74) is 1.26. The molecular weight excluding hydrogens is 522 g/mol. The molecule has 6 rings (SSSR count). The molecule has 1 unspecified atom stereocenters. The first-order chi connectivity index (χ1) is 19.0. The molecule has 0 aliphatic carbocycles. The zero-order valence-corrected chi connectivity index (χ0v) is 22.9. The number of nitrogens with zero attached hydrogens (tertiary/aromatic N) is 4. The summed E-state index contributed by atoms with van der Waals surface area (Å²) in [5.74, 6) is 1.47. The van der Waals surface area contributed by atoms with Gasteiger partial charge in [-0.3, -0.25) is 4.90 Å². The van der Waals surface area contributed by atoms with Crippen molar-refractivity contribution in [2.45, 2.75) is 36.2 Å². The van der Waals surface area contributed by atoms with Crippen LogP contribution < -0.4 is 15.4 Å². The van der Waals surface area contributed by atoms with Crippen molar-refractivity contribution >= 4 is 38.5 Å². The topological polar surface area (TPSA) is 134 Å². The largest absolute Gasteiger partial charge is 0.495 e. The van der Waals surface area contributed by atoms with Gasteiger partial charge in [0.1, 0.15) is 17.2 Å². The summed E-state index contributed by atoms with van der Waals surface area (Å²) < 4.78 is 45.1. The summed E-state index contributed by atoms with van der Waals surface area (Å²) in [6.07, 6.45) is 4.37. The second-order valence-corrected chi connectivity index (χ2v) is 12.0. The quantitative estimate of drug-likeness (QED) is 0.379. The van der Waals surface area contributed by atoms with Crippen LogP contribution in [0.25, 0.3) is 11.0 Å². The molecule has 3 saturated heterocycles. The van der Waals surface area contributed by atoms with Crippen molar-refractivity contribution in [3.8, 4) is 5.75 Å². The second kappa shape index (κ2) is 11.3. The maximum atomic E-state index is 13.5. The van der Waals surface area contributed by atoms with E-state index in [4.69, 9.17) is 19.2 Å². The van der Waals surface area contributed by atoms with Gasteiger partial charge in [-0.05, 0) is 37.5 Å². The minimum Gasteiger partial charge on any atom is -0.495 e. The zero-order chi connectivity index (χ0) is 26.8. The second-order valence-electron chi connectivity index (χ2n) is 10.1. The molecule has 39 heavy (non-hydrogen) atoms. The standard InChI is InChI=1S/C26H35N7O5S/c1-36-23-16-20(39(34,35)33-9-5-19(6-10-33)32-11-14-37-15-12-32)2-3-22(23)29-26-30-24-21(4-8-27-24)25(31-26)28-18-7-13-38-17-18/h2-4,8,16,18-19H,5-7,9-15,17H2,1H3,(H3,27,28,29,30,31). The van der Waals surface area contributed by atoms with Gasteiger partial charge in [-0.15, -0.1) is 0 Å². The third kappa shape index (κ3) is 5.54. The molecule has 5 heterocycles. The van der Waals surface area contributed by atoms with E-state index < -0.39 is 10.0 Å². The smallest absolute Gasteiger partial charge is 0.243 e. The minimum absolute atomic E-state index is 0.184. The number of sulfonamides is 1. The third-order valence-electron chi connectivity index (χ3n) is 7.73. The van der Waals surface area contributed by atoms with Gasteiger partial charge < -0.3 is 29.8 Å². The van der Waals surface area contributed by atoms with E-state index >= 15 is 0 Å². The first kappa shape index (κ1) is 26.3. The summed E-state index contributed by atoms with van der Waals surface area (Å²) >= 11 is 0. The molecular formula is C26H35N7O5S. The Balaban J connectivity index is 1.18. The summed E-state index contributed by atoms with van der Waals surface area (Å²) in [6.45, 7) is 5.67. The van der Waals surface area contributed by atoms with E-state index in [1.165, 1.54) is 7.11 Å². The Labute approximate surface area is 228 Å². The van der Waals surface area contributed by atoms with Crippen LogP contribution in [0.1, 0.15) is 19.3 Å². The number of ether oxygens (including phenoxy) is 3. The molecule has 0 spiro atoms. The molecule has 1 atom stereocenters. The van der Waals surface area contributed by atoms with Crippen LogP contribution in [0.15, 0.2) is 35.4 Å². The fraction of sp³-hybridized carbons (Fsp3) is 0.538. The molecule has 3 aliphatic heterocycles. The number of hydrogen-bond acceptors (Lipinski definition) is 10. The molecule has 0 amide bonds. The Morgan fingerprint density at radius 2 is 1.85 bits per heavy atom. The van der Waals surface area contributed by atoms with Crippen molar-refractivity contribution in [3.63, 3.8) is 0 Å². The Hall–Kier alpha value is -2.97. The van der Waals surface area contributed by atoms with Gasteiger partial charge in [0.2, 0.25) is 16.0 Å². The number of anilines is 3. The molecule has 3 aliphatic rings. The monoisotopic (exact) mass is 557 g/mol. The molecule has 3 fully saturated rings. The van der Waals surface area contributed by atoms with E-state index in [1.54, 1.807) is 22.5 Å². The van der Waals surface area contributed by atoms with Crippen molar-refractivity contribution in [1.29, 1.82) is 0 Å². The Bertz CT molecular complexity index is 1390. The van der Waals surface area contributed by atoms with Gasteiger partial charge in [-0.25, -0.2) is 8.42 Å². The van der Waals surface area contributed by atoms with Crippen LogP contribution in [0, 0.1) is 0 Å². The summed E-state index contributed by atoms with van der Waals surface area (Å²) in [7, 11) is -2.13. The summed E-state index contributed by atoms with van der Waals surface area (Å²) in [5, 5.41) is 7.55. The molecule has 3 N–H and O–H groups in total. The average molecular weight is 558 g/mol. The van der Waals surface area contributed by atoms with Crippen LogP contribution in [0.3, 0.4) is 0 Å². The molecule has 12 nitrogen and oxygen atoms in total. The fourth-order valence-corrected chi connectivity index (χ4v) is 7.03. The van der Waals surface area contributed by atoms with Crippen LogP contribution in [0.4, 0.5) is 17.5 Å². The van der Waals surface area contributed by atoms with Gasteiger partial charge in [0.05, 0.1) is 48.9 Å². The third-order valence-corrected chi connectivity index (χ3v) is 9.62. The summed E-state index contributed by atoms with van der Waals surface area (Å²) in [6, 6.07) is 7.39. The highest BCUT2D eigenvalue weighted by Crippen LogP contribution is 2.33. The SMILES string of the molecule is COc1cc(S(=O)(=O)N2CCC(N3CCOCC3)CC2)ccc1Nc1nc(NC2CCOC2)c2cc[nH]c2n1. The van der Waals surface area contributed by atoms with E-state index in [9.17, 15) is 8.42 Å². The van der Waals surface area contributed by atoms with E-state index in [0.29, 0.717) is 54.6 Å². The van der Waals surface area contributed by atoms with Gasteiger partial charge in [0.25, 0.3) is 0 Å². The Kier molecular flexibility index (Phi) is 7.58. The van der Waals surface area contributed by atoms with Gasteiger partial charge in [0.15, 0.2) is 0 Å². The predicted octanol–water partition coefficient (Wildman–Crippen LogP) is 2.40. The molecule has 2 aromatic heterocycles. The lowest BCUT2D eigenvalue weighted by molar-refractivity contribution is 0.00610. The number of aromatic nitrogens is 3. The first-order valence-electron chi connectivity index (χ1n) is 13.5. The number of aromatic amines is 1. The number of nitrogens with one attached hydrogen (secondary N) is 3. The van der Waals surface area contributed by atoms with Crippen LogP contribution >= 0.6 is 0 Å². The van der Waals surface area contributed by atoms with Gasteiger partial charge in [0, 0.05) is 51.1 Å². The zero-order valence-electron chi connectivity index (χ0n) is 22.1. The maximum absolute atomic E-state index is 13.5. The number of hydrogen-bond donors (Lipinski definition) is 3. The number of rotatable bonds is 8. The number of H-pyrrole nitrogens is 1. The Morgan fingerprint density at radius 1 is 1.03 bits per heavy atom. The van der Waals surface area contributed by atoms with Crippen LogP contribution in [0.2, 0.25) is 0 Å². The Morgan fingerprint density at radius 3 is 2.59 bits per heavy atom. The highest BCUT2D eigenvalue weighted by molar-refractivity contribution is 7.89. The predicted molar refractivity (Wildman–Crippen MR) is 147 cm³/mol. The van der Waals surface area contributed by atoms with Crippen molar-refractivity contribution in [2.24, 2.45) is 0 Å². The number of benzene rings is 1. The molecule has 1 aromatic carbocycles. The van der Waals surface area contributed by atoms with Gasteiger partial charge in [-0.2, -0.15) is 14.3 Å². The van der Waals surface area contributed by atoms with E-state index in [1.807, 2.05) is 12.3 Å². The van der Waals surface area contributed by atoms with Crippen LogP contribution in [-0.2, 0) is 19.5 Å². The van der Waals surface area contributed by atoms with E-state index in [0.717, 1.165) is 57.6 Å². The molecule has 0 saturated carbocycles. The number of morpholine rings is 1. The number of fused-ring (bicyclic) bond motifs is 1. The van der Waals surface area contributed by atoms with Crippen molar-refractivity contribution < 1.29 is 22.6 Å². The van der Waals surface area contributed by atoms with Crippen LogP contribution in [-0.4, -0.2) is 104 Å². The van der Waals surface area contributed by atoms with Crippen molar-refractivity contribution in [2.75, 3.05) is 70.3 Å². The highest BCUT2D eigenvalue weighted by atomic mass is 32.2. The molecule has 0 bridgehead atoms. The molecule has 0 radical (unpaired) electrons. The van der Waals surface area contributed by atoms with Crippen molar-refractivity contribution in [1.82, 2.24) is 24.2 Å². The van der Waals surface area contributed by atoms with Gasteiger partial charge in [-0.1, -0.05) is 0 Å². The van der Waals surface area contributed by atoms with Crippen LogP contribution in [0.5, 0.6) is 5.75 Å². The number of methoxy groups -OCH3 is 1. The fourth-order valence-electron chi connectivity index (χ4n) is 5.54. The highest BCUT2D eigenvalue weighted by Gasteiger charge is 2.32. The lowest BCUT2D eigenvalue weighted by Gasteiger charge is -2.39. The number of piperidine rings is 1. The minimum atomic E-state index is -3.66. The normalized spacial score (nSPS) is 21.8. The van der Waals surface area contributed by atoms with Gasteiger partial charge >= 0.3 is 0 Å². The average Bonchev–Trinajstić information content (AvgIpc) is 3.66. The molecule has 3 aromatic rings. The van der Waals surface area contributed by atoms with E-state index in [-0.39, 0.29) is 10.9 Å². The van der Waals surface area contributed by atoms with Crippen molar-refractivity contribution in [3.05, 3.63) is 30.5 Å². The lowest BCUT2D eigenvalue weighted by Crippen LogP contribution is -2.50. The molecule has 13 heteroatoms. The summed E-state index contributed by atoms with van der Waals surface area (Å²) in [4.78, 5) is 15.1. The molecule has 210 valence electrons.